The highest BCUT2D eigenvalue weighted by molar-refractivity contribution is 7.99. The minimum absolute atomic E-state index is 0.0931. The van der Waals surface area contributed by atoms with Crippen LogP contribution in [-0.4, -0.2) is 35.6 Å². The molecule has 0 aromatic rings. The van der Waals surface area contributed by atoms with Crippen molar-refractivity contribution < 1.29 is 9.63 Å². The zero-order chi connectivity index (χ0) is 8.81. The summed E-state index contributed by atoms with van der Waals surface area (Å²) in [4.78, 5) is 16.2. The third-order valence-corrected chi connectivity index (χ3v) is 2.60. The maximum Gasteiger partial charge on any atom is 0.325 e. The maximum absolute atomic E-state index is 11.0. The predicted octanol–water partition coefficient (Wildman–Crippen LogP) is 1.29. The number of hydrogen-bond donors (Lipinski definition) is 0. The molecule has 0 spiro atoms. The first-order chi connectivity index (χ1) is 5.83. The highest BCUT2D eigenvalue weighted by Crippen LogP contribution is 2.09. The van der Waals surface area contributed by atoms with Gasteiger partial charge in [-0.15, -0.1) is 5.06 Å². The Balaban J connectivity index is 2.15. The van der Waals surface area contributed by atoms with E-state index in [4.69, 9.17) is 4.84 Å². The minimum atomic E-state index is -0.0931. The molecule has 0 amide bonds. The lowest BCUT2D eigenvalue weighted by atomic mass is 10.3. The van der Waals surface area contributed by atoms with E-state index in [1.807, 2.05) is 18.7 Å². The van der Waals surface area contributed by atoms with Crippen LogP contribution < -0.4 is 0 Å². The summed E-state index contributed by atoms with van der Waals surface area (Å²) >= 11 is 1.91. The molecule has 0 unspecified atom stereocenters. The molecule has 0 saturated carbocycles. The fourth-order valence-electron chi connectivity index (χ4n) is 1.03. The molecule has 1 aliphatic rings. The van der Waals surface area contributed by atoms with Crippen LogP contribution in [-0.2, 0) is 9.63 Å². The molecule has 1 aliphatic heterocycles. The lowest BCUT2D eigenvalue weighted by Gasteiger charge is -2.24. The number of carbonyl (C=O) groups is 1. The van der Waals surface area contributed by atoms with Gasteiger partial charge in [-0.2, -0.15) is 11.8 Å². The van der Waals surface area contributed by atoms with E-state index in [2.05, 4.69) is 0 Å². The average Bonchev–Trinajstić information content (AvgIpc) is 2.06. The highest BCUT2D eigenvalue weighted by Gasteiger charge is 2.14. The fraction of sp³-hybridized carbons (Fsp3) is 0.875. The molecule has 12 heavy (non-hydrogen) atoms. The third-order valence-electron chi connectivity index (χ3n) is 1.66. The van der Waals surface area contributed by atoms with Gasteiger partial charge in [-0.05, 0) is 6.42 Å². The van der Waals surface area contributed by atoms with Crippen LogP contribution in [0.25, 0.3) is 0 Å². The molecule has 1 fully saturated rings. The van der Waals surface area contributed by atoms with Crippen molar-refractivity contribution in [2.24, 2.45) is 0 Å². The Labute approximate surface area is 77.4 Å². The third kappa shape index (κ3) is 3.45. The Hall–Kier alpha value is -0.220. The van der Waals surface area contributed by atoms with E-state index in [0.717, 1.165) is 31.0 Å². The fourth-order valence-corrected chi connectivity index (χ4v) is 1.90. The van der Waals surface area contributed by atoms with Crippen molar-refractivity contribution >= 4 is 17.7 Å². The molecule has 0 aromatic heterocycles. The monoisotopic (exact) mass is 189 g/mol. The molecular weight excluding hydrogens is 174 g/mol. The number of thioether (sulfide) groups is 1. The van der Waals surface area contributed by atoms with Gasteiger partial charge in [0.15, 0.2) is 0 Å². The second kappa shape index (κ2) is 5.43. The van der Waals surface area contributed by atoms with Crippen LogP contribution in [0.2, 0.25) is 0 Å². The molecule has 0 atom stereocenters. The summed E-state index contributed by atoms with van der Waals surface area (Å²) in [5.41, 5.74) is 0. The minimum Gasteiger partial charge on any atom is -0.368 e. The lowest BCUT2D eigenvalue weighted by molar-refractivity contribution is -0.188. The molecule has 0 N–H and O–H groups in total. The molecule has 3 nitrogen and oxygen atoms in total. The Bertz CT molecular complexity index is 146. The number of rotatable bonds is 3. The summed E-state index contributed by atoms with van der Waals surface area (Å²) in [5, 5.41) is 1.77. The second-order valence-corrected chi connectivity index (χ2v) is 3.98. The molecule has 70 valence electrons. The van der Waals surface area contributed by atoms with E-state index in [0.29, 0.717) is 6.42 Å². The van der Waals surface area contributed by atoms with Gasteiger partial charge in [0, 0.05) is 31.0 Å². The van der Waals surface area contributed by atoms with Crippen LogP contribution in [0.4, 0.5) is 0 Å². The van der Waals surface area contributed by atoms with E-state index in [9.17, 15) is 4.79 Å². The van der Waals surface area contributed by atoms with E-state index < -0.39 is 0 Å². The van der Waals surface area contributed by atoms with Gasteiger partial charge in [-0.3, -0.25) is 4.79 Å². The zero-order valence-electron chi connectivity index (χ0n) is 7.41. The molecule has 1 saturated heterocycles. The molecule has 0 bridgehead atoms. The first-order valence-corrected chi connectivity index (χ1v) is 5.52. The molecule has 4 heteroatoms. The Morgan fingerprint density at radius 3 is 2.75 bits per heavy atom. The normalized spacial score (nSPS) is 19.1. The summed E-state index contributed by atoms with van der Waals surface area (Å²) in [6, 6.07) is 0. The number of carbonyl (C=O) groups excluding carboxylic acids is 1. The number of hydrogen-bond acceptors (Lipinski definition) is 4. The van der Waals surface area contributed by atoms with Crippen molar-refractivity contribution in [3.8, 4) is 0 Å². The van der Waals surface area contributed by atoms with Crippen molar-refractivity contribution in [2.45, 2.75) is 19.8 Å². The van der Waals surface area contributed by atoms with Crippen molar-refractivity contribution in [1.29, 1.82) is 0 Å². The van der Waals surface area contributed by atoms with E-state index in [-0.39, 0.29) is 5.97 Å². The van der Waals surface area contributed by atoms with Crippen LogP contribution >= 0.6 is 11.8 Å². The zero-order valence-corrected chi connectivity index (χ0v) is 8.23. The van der Waals surface area contributed by atoms with Gasteiger partial charge >= 0.3 is 5.97 Å². The predicted molar refractivity (Wildman–Crippen MR) is 49.9 cm³/mol. The van der Waals surface area contributed by atoms with E-state index in [1.165, 1.54) is 0 Å². The van der Waals surface area contributed by atoms with Gasteiger partial charge in [-0.25, -0.2) is 0 Å². The van der Waals surface area contributed by atoms with Gasteiger partial charge in [0.1, 0.15) is 0 Å². The van der Waals surface area contributed by atoms with Gasteiger partial charge in [0.2, 0.25) is 0 Å². The van der Waals surface area contributed by atoms with Crippen molar-refractivity contribution in [1.82, 2.24) is 5.06 Å². The SMILES string of the molecule is CCCC(=O)ON1CCSCC1. The number of hydroxylamine groups is 2. The summed E-state index contributed by atoms with van der Waals surface area (Å²) in [5.74, 6) is 2.04. The molecule has 1 rings (SSSR count). The summed E-state index contributed by atoms with van der Waals surface area (Å²) in [6.45, 7) is 3.73. The van der Waals surface area contributed by atoms with Gasteiger partial charge in [0.05, 0.1) is 0 Å². The highest BCUT2D eigenvalue weighted by atomic mass is 32.2. The largest absolute Gasteiger partial charge is 0.368 e. The van der Waals surface area contributed by atoms with Gasteiger partial charge < -0.3 is 4.84 Å². The first-order valence-electron chi connectivity index (χ1n) is 4.36. The van der Waals surface area contributed by atoms with Crippen molar-refractivity contribution in [2.75, 3.05) is 24.6 Å². The van der Waals surface area contributed by atoms with Crippen LogP contribution in [0.15, 0.2) is 0 Å². The standard InChI is InChI=1S/C8H15NO2S/c1-2-3-8(10)11-9-4-6-12-7-5-9/h2-7H2,1H3. The Morgan fingerprint density at radius 2 is 2.17 bits per heavy atom. The second-order valence-electron chi connectivity index (χ2n) is 2.75. The van der Waals surface area contributed by atoms with E-state index >= 15 is 0 Å². The molecular formula is C8H15NO2S. The lowest BCUT2D eigenvalue weighted by Crippen LogP contribution is -2.34. The Kier molecular flexibility index (Phi) is 4.46. The van der Waals surface area contributed by atoms with Gasteiger partial charge in [-0.1, -0.05) is 6.92 Å². The van der Waals surface area contributed by atoms with Crippen LogP contribution in [0, 0.1) is 0 Å². The quantitative estimate of drug-likeness (QED) is 0.669. The number of nitrogens with zero attached hydrogens (tertiary/aromatic N) is 1. The van der Waals surface area contributed by atoms with Crippen LogP contribution in [0.3, 0.4) is 0 Å². The maximum atomic E-state index is 11.0. The molecule has 0 aromatic carbocycles. The molecule has 1 heterocycles. The Morgan fingerprint density at radius 1 is 1.50 bits per heavy atom. The summed E-state index contributed by atoms with van der Waals surface area (Å²) in [7, 11) is 0. The van der Waals surface area contributed by atoms with Crippen molar-refractivity contribution in [3.05, 3.63) is 0 Å². The first kappa shape index (κ1) is 9.86. The summed E-state index contributed by atoms with van der Waals surface area (Å²) < 4.78 is 0. The van der Waals surface area contributed by atoms with Crippen LogP contribution in [0.1, 0.15) is 19.8 Å². The summed E-state index contributed by atoms with van der Waals surface area (Å²) in [6.07, 6.45) is 1.39. The molecule has 0 aliphatic carbocycles. The van der Waals surface area contributed by atoms with Gasteiger partial charge in [0.25, 0.3) is 0 Å². The van der Waals surface area contributed by atoms with Crippen molar-refractivity contribution in [3.63, 3.8) is 0 Å². The average molecular weight is 189 g/mol. The topological polar surface area (TPSA) is 29.5 Å². The van der Waals surface area contributed by atoms with E-state index in [1.54, 1.807) is 5.06 Å². The smallest absolute Gasteiger partial charge is 0.325 e. The molecule has 0 radical (unpaired) electrons. The van der Waals surface area contributed by atoms with Crippen LogP contribution in [0.5, 0.6) is 0 Å².